The molecule has 1 heterocycles. The maximum absolute atomic E-state index is 11.8. The molecule has 1 unspecified atom stereocenters. The quantitative estimate of drug-likeness (QED) is 0.903. The van der Waals surface area contributed by atoms with Gasteiger partial charge >= 0.3 is 6.03 Å². The van der Waals surface area contributed by atoms with Gasteiger partial charge in [-0.05, 0) is 31.5 Å². The number of hydrogen-bond acceptors (Lipinski definition) is 3. The maximum atomic E-state index is 11.8. The highest BCUT2D eigenvalue weighted by Gasteiger charge is 2.11. The van der Waals surface area contributed by atoms with Crippen LogP contribution in [0.4, 0.5) is 10.6 Å². The molecule has 0 aliphatic rings. The van der Waals surface area contributed by atoms with Crippen molar-refractivity contribution in [1.29, 1.82) is 0 Å². The Balaban J connectivity index is 1.95. The molecule has 1 atom stereocenters. The molecule has 2 amide bonds. The van der Waals surface area contributed by atoms with E-state index in [1.807, 2.05) is 25.1 Å². The predicted molar refractivity (Wildman–Crippen MR) is 73.3 cm³/mol. The summed E-state index contributed by atoms with van der Waals surface area (Å²) in [6.45, 7) is 3.63. The molecule has 0 saturated heterocycles. The van der Waals surface area contributed by atoms with Crippen LogP contribution < -0.4 is 10.6 Å². The number of amides is 2. The third-order valence-corrected chi connectivity index (χ3v) is 2.80. The van der Waals surface area contributed by atoms with Crippen LogP contribution in [0.1, 0.15) is 24.3 Å². The van der Waals surface area contributed by atoms with E-state index in [9.17, 15) is 4.79 Å². The number of benzene rings is 1. The molecule has 0 bridgehead atoms. The summed E-state index contributed by atoms with van der Waals surface area (Å²) < 4.78 is 4.86. The minimum atomic E-state index is -0.347. The van der Waals surface area contributed by atoms with Crippen LogP contribution in [0.5, 0.6) is 0 Å². The fourth-order valence-corrected chi connectivity index (χ4v) is 1.83. The van der Waals surface area contributed by atoms with Gasteiger partial charge in [0.25, 0.3) is 0 Å². The average Bonchev–Trinajstić information content (AvgIpc) is 2.74. The summed E-state index contributed by atoms with van der Waals surface area (Å²) in [5.74, 6) is 1.02. The van der Waals surface area contributed by atoms with Crippen molar-refractivity contribution in [3.8, 4) is 0 Å². The molecule has 0 saturated carbocycles. The first-order chi connectivity index (χ1) is 9.04. The Labute approximate surface area is 115 Å². The number of hydrogen-bond donors (Lipinski definition) is 2. The SMILES string of the molecule is Cc1cc(NC(=O)NC(C)c2cccc(Cl)c2)no1. The van der Waals surface area contributed by atoms with Crippen LogP contribution in [0, 0.1) is 6.92 Å². The van der Waals surface area contributed by atoms with E-state index in [2.05, 4.69) is 15.8 Å². The fraction of sp³-hybridized carbons (Fsp3) is 0.231. The number of nitrogens with one attached hydrogen (secondary N) is 2. The monoisotopic (exact) mass is 279 g/mol. The van der Waals surface area contributed by atoms with Crippen molar-refractivity contribution in [1.82, 2.24) is 10.5 Å². The number of nitrogens with zero attached hydrogens (tertiary/aromatic N) is 1. The first-order valence-corrected chi connectivity index (χ1v) is 6.18. The fourth-order valence-electron chi connectivity index (χ4n) is 1.63. The van der Waals surface area contributed by atoms with Crippen LogP contribution in [0.25, 0.3) is 0 Å². The lowest BCUT2D eigenvalue weighted by Crippen LogP contribution is -2.31. The van der Waals surface area contributed by atoms with E-state index in [1.54, 1.807) is 19.1 Å². The summed E-state index contributed by atoms with van der Waals surface area (Å²) in [5, 5.41) is 9.70. The lowest BCUT2D eigenvalue weighted by atomic mass is 10.1. The Morgan fingerprint density at radius 2 is 2.21 bits per heavy atom. The molecule has 0 fully saturated rings. The van der Waals surface area contributed by atoms with Crippen LogP contribution >= 0.6 is 11.6 Å². The highest BCUT2D eigenvalue weighted by atomic mass is 35.5. The third kappa shape index (κ3) is 3.72. The summed E-state index contributed by atoms with van der Waals surface area (Å²) in [6, 6.07) is 8.48. The van der Waals surface area contributed by atoms with Crippen LogP contribution in [-0.2, 0) is 0 Å². The van der Waals surface area contributed by atoms with Crippen molar-refractivity contribution in [2.45, 2.75) is 19.9 Å². The number of halogens is 1. The third-order valence-electron chi connectivity index (χ3n) is 2.57. The smallest absolute Gasteiger partial charge is 0.320 e. The van der Waals surface area contributed by atoms with Gasteiger partial charge in [0.05, 0.1) is 6.04 Å². The number of rotatable bonds is 3. The van der Waals surface area contributed by atoms with E-state index < -0.39 is 0 Å². The van der Waals surface area contributed by atoms with Gasteiger partial charge in [0.1, 0.15) is 5.76 Å². The number of aryl methyl sites for hydroxylation is 1. The summed E-state index contributed by atoms with van der Waals surface area (Å²) in [4.78, 5) is 11.8. The van der Waals surface area contributed by atoms with Gasteiger partial charge in [-0.2, -0.15) is 0 Å². The van der Waals surface area contributed by atoms with Gasteiger partial charge in [-0.1, -0.05) is 28.9 Å². The molecule has 2 rings (SSSR count). The zero-order valence-electron chi connectivity index (χ0n) is 10.6. The Morgan fingerprint density at radius 3 is 2.84 bits per heavy atom. The Kier molecular flexibility index (Phi) is 4.06. The van der Waals surface area contributed by atoms with Gasteiger partial charge < -0.3 is 9.84 Å². The minimum absolute atomic E-state index is 0.160. The highest BCUT2D eigenvalue weighted by molar-refractivity contribution is 6.30. The van der Waals surface area contributed by atoms with Crippen LogP contribution in [0.3, 0.4) is 0 Å². The maximum Gasteiger partial charge on any atom is 0.320 e. The van der Waals surface area contributed by atoms with Crippen molar-refractivity contribution in [3.05, 3.63) is 46.7 Å². The van der Waals surface area contributed by atoms with E-state index in [0.29, 0.717) is 16.6 Å². The molecule has 0 radical (unpaired) electrons. The minimum Gasteiger partial charge on any atom is -0.360 e. The second-order valence-corrected chi connectivity index (χ2v) is 4.63. The Bertz CT molecular complexity index is 583. The van der Waals surface area contributed by atoms with E-state index in [4.69, 9.17) is 16.1 Å². The Morgan fingerprint density at radius 1 is 1.42 bits per heavy atom. The van der Waals surface area contributed by atoms with Crippen LogP contribution in [-0.4, -0.2) is 11.2 Å². The van der Waals surface area contributed by atoms with Gasteiger partial charge in [-0.25, -0.2) is 4.79 Å². The second kappa shape index (κ2) is 5.75. The van der Waals surface area contributed by atoms with Gasteiger partial charge in [0.2, 0.25) is 0 Å². The normalized spacial score (nSPS) is 11.9. The largest absolute Gasteiger partial charge is 0.360 e. The van der Waals surface area contributed by atoms with Crippen LogP contribution in [0.2, 0.25) is 5.02 Å². The molecular formula is C13H14ClN3O2. The highest BCUT2D eigenvalue weighted by Crippen LogP contribution is 2.17. The van der Waals surface area contributed by atoms with E-state index in [1.165, 1.54) is 0 Å². The summed E-state index contributed by atoms with van der Waals surface area (Å²) in [5.41, 5.74) is 0.930. The standard InChI is InChI=1S/C13H14ClN3O2/c1-8-6-12(17-19-8)16-13(18)15-9(2)10-4-3-5-11(14)7-10/h3-7,9H,1-2H3,(H2,15,16,17,18). The van der Waals surface area contributed by atoms with Gasteiger partial charge in [0.15, 0.2) is 5.82 Å². The van der Waals surface area contributed by atoms with Gasteiger partial charge in [-0.3, -0.25) is 5.32 Å². The molecule has 0 aliphatic carbocycles. The first kappa shape index (κ1) is 13.4. The van der Waals surface area contributed by atoms with E-state index in [-0.39, 0.29) is 12.1 Å². The van der Waals surface area contributed by atoms with Gasteiger partial charge in [0, 0.05) is 11.1 Å². The number of carbonyl (C=O) groups excluding carboxylic acids is 1. The lowest BCUT2D eigenvalue weighted by Gasteiger charge is -2.14. The number of carbonyl (C=O) groups is 1. The van der Waals surface area contributed by atoms with Crippen LogP contribution in [0.15, 0.2) is 34.9 Å². The molecular weight excluding hydrogens is 266 g/mol. The van der Waals surface area contributed by atoms with Crippen molar-refractivity contribution >= 4 is 23.4 Å². The summed E-state index contributed by atoms with van der Waals surface area (Å²) >= 11 is 5.91. The number of anilines is 1. The molecule has 1 aromatic carbocycles. The van der Waals surface area contributed by atoms with Gasteiger partial charge in [-0.15, -0.1) is 0 Å². The Hall–Kier alpha value is -2.01. The molecule has 5 nitrogen and oxygen atoms in total. The first-order valence-electron chi connectivity index (χ1n) is 5.81. The van der Waals surface area contributed by atoms with E-state index in [0.717, 1.165) is 5.56 Å². The predicted octanol–water partition coefficient (Wildman–Crippen LogP) is 3.52. The van der Waals surface area contributed by atoms with Crippen molar-refractivity contribution < 1.29 is 9.32 Å². The summed E-state index contributed by atoms with van der Waals surface area (Å²) in [7, 11) is 0. The number of urea groups is 1. The van der Waals surface area contributed by atoms with Crippen molar-refractivity contribution in [3.63, 3.8) is 0 Å². The van der Waals surface area contributed by atoms with E-state index >= 15 is 0 Å². The zero-order valence-corrected chi connectivity index (χ0v) is 11.4. The molecule has 0 spiro atoms. The topological polar surface area (TPSA) is 67.2 Å². The zero-order chi connectivity index (χ0) is 13.8. The number of aromatic nitrogens is 1. The molecule has 0 aliphatic heterocycles. The molecule has 100 valence electrons. The molecule has 6 heteroatoms. The lowest BCUT2D eigenvalue weighted by molar-refractivity contribution is 0.249. The average molecular weight is 280 g/mol. The molecule has 19 heavy (non-hydrogen) atoms. The molecule has 2 N–H and O–H groups in total. The second-order valence-electron chi connectivity index (χ2n) is 4.20. The molecule has 2 aromatic rings. The molecule has 1 aromatic heterocycles. The summed E-state index contributed by atoms with van der Waals surface area (Å²) in [6.07, 6.45) is 0. The van der Waals surface area contributed by atoms with Crippen molar-refractivity contribution in [2.75, 3.05) is 5.32 Å². The van der Waals surface area contributed by atoms with Crippen molar-refractivity contribution in [2.24, 2.45) is 0 Å².